The van der Waals surface area contributed by atoms with Gasteiger partial charge in [0, 0.05) is 0 Å². The van der Waals surface area contributed by atoms with E-state index >= 15 is 0 Å². The summed E-state index contributed by atoms with van der Waals surface area (Å²) in [4.78, 5) is 0. The second kappa shape index (κ2) is 2.88. The number of allylic oxidation sites excluding steroid dienone is 4. The highest BCUT2D eigenvalue weighted by Gasteiger charge is 2.05. The van der Waals surface area contributed by atoms with E-state index in [2.05, 4.69) is 13.0 Å². The van der Waals surface area contributed by atoms with Crippen LogP contribution in [0, 0.1) is 0 Å². The van der Waals surface area contributed by atoms with Crippen LogP contribution in [0.1, 0.15) is 13.3 Å². The summed E-state index contributed by atoms with van der Waals surface area (Å²) >= 11 is 0. The first kappa shape index (κ1) is 6.62. The second-order valence-corrected chi connectivity index (χ2v) is 2.36. The molecule has 1 nitrogen and oxygen atoms in total. The Labute approximate surface area is 56.4 Å². The molecule has 0 aromatic carbocycles. The summed E-state index contributed by atoms with van der Waals surface area (Å²) in [6.45, 7) is 2.06. The molecule has 0 heterocycles. The van der Waals surface area contributed by atoms with Crippen LogP contribution < -0.4 is 0 Å². The van der Waals surface area contributed by atoms with Gasteiger partial charge in [0.1, 0.15) is 0 Å². The molecule has 2 heteroatoms. The molecule has 0 amide bonds. The van der Waals surface area contributed by atoms with E-state index in [1.807, 2.05) is 12.2 Å². The van der Waals surface area contributed by atoms with Crippen molar-refractivity contribution in [2.24, 2.45) is 0 Å². The Balaban J connectivity index is 2.48. The van der Waals surface area contributed by atoms with E-state index in [0.29, 0.717) is 0 Å². The summed E-state index contributed by atoms with van der Waals surface area (Å²) in [6, 6.07) is 0. The topological polar surface area (TPSA) is 20.2 Å². The zero-order valence-electron chi connectivity index (χ0n) is 5.54. The van der Waals surface area contributed by atoms with Crippen molar-refractivity contribution in [3.05, 3.63) is 23.8 Å². The monoisotopic (exact) mass is 121 g/mol. The van der Waals surface area contributed by atoms with Gasteiger partial charge in [0.05, 0.1) is 0 Å². The Hall–Kier alpha value is -0.495. The first-order valence-electron chi connectivity index (χ1n) is 3.15. The van der Waals surface area contributed by atoms with Crippen molar-refractivity contribution >= 4 is 7.48 Å². The fraction of sp³-hybridized carbons (Fsp3) is 0.429. The van der Waals surface area contributed by atoms with Gasteiger partial charge < -0.3 is 5.02 Å². The fourth-order valence-corrected chi connectivity index (χ4v) is 0.855. The van der Waals surface area contributed by atoms with Crippen LogP contribution in [-0.4, -0.2) is 12.5 Å². The van der Waals surface area contributed by atoms with E-state index in [9.17, 15) is 0 Å². The lowest BCUT2D eigenvalue weighted by molar-refractivity contribution is 0.588. The molecule has 0 spiro atoms. The van der Waals surface area contributed by atoms with Crippen LogP contribution in [0.3, 0.4) is 0 Å². The van der Waals surface area contributed by atoms with Crippen molar-refractivity contribution in [3.8, 4) is 0 Å². The number of hydrogen-bond donors (Lipinski definition) is 1. The van der Waals surface area contributed by atoms with Crippen molar-refractivity contribution < 1.29 is 5.02 Å². The lowest BCUT2D eigenvalue weighted by Gasteiger charge is -2.08. The lowest BCUT2D eigenvalue weighted by Crippen LogP contribution is -2.00. The minimum Gasteiger partial charge on any atom is -0.454 e. The second-order valence-electron chi connectivity index (χ2n) is 2.36. The predicted octanol–water partition coefficient (Wildman–Crippen LogP) is 1.29. The first-order chi connectivity index (χ1) is 4.33. The Morgan fingerprint density at radius 2 is 2.56 bits per heavy atom. The standard InChI is InChI=1S/C7H10BO/c1-6-2-4-7(8-9)5-3-6/h2-4,7,9H,5H2,1H3. The molecule has 0 aromatic heterocycles. The predicted molar refractivity (Wildman–Crippen MR) is 39.2 cm³/mol. The smallest absolute Gasteiger partial charge is 0.295 e. The molecule has 1 atom stereocenters. The molecule has 0 aromatic rings. The van der Waals surface area contributed by atoms with E-state index in [4.69, 9.17) is 5.02 Å². The normalized spacial score (nSPS) is 25.6. The van der Waals surface area contributed by atoms with Gasteiger partial charge in [-0.05, 0) is 19.2 Å². The molecule has 0 fully saturated rings. The number of hydrogen-bond acceptors (Lipinski definition) is 1. The van der Waals surface area contributed by atoms with Gasteiger partial charge >= 0.3 is 0 Å². The van der Waals surface area contributed by atoms with Crippen LogP contribution in [0.2, 0.25) is 5.82 Å². The Morgan fingerprint density at radius 1 is 1.78 bits per heavy atom. The third kappa shape index (κ3) is 1.72. The van der Waals surface area contributed by atoms with Crippen LogP contribution in [0.25, 0.3) is 0 Å². The first-order valence-corrected chi connectivity index (χ1v) is 3.15. The quantitative estimate of drug-likeness (QED) is 0.518. The van der Waals surface area contributed by atoms with E-state index in [0.717, 1.165) is 6.42 Å². The highest BCUT2D eigenvalue weighted by atomic mass is 16.2. The highest BCUT2D eigenvalue weighted by molar-refractivity contribution is 6.28. The van der Waals surface area contributed by atoms with Gasteiger partial charge in [-0.15, -0.1) is 0 Å². The average Bonchev–Trinajstić information content (AvgIpc) is 1.90. The lowest BCUT2D eigenvalue weighted by atomic mass is 9.75. The third-order valence-corrected chi connectivity index (χ3v) is 1.51. The van der Waals surface area contributed by atoms with Crippen molar-refractivity contribution in [1.82, 2.24) is 0 Å². The van der Waals surface area contributed by atoms with Crippen molar-refractivity contribution in [3.63, 3.8) is 0 Å². The summed E-state index contributed by atoms with van der Waals surface area (Å²) in [5.74, 6) is 0.244. The average molecular weight is 121 g/mol. The van der Waals surface area contributed by atoms with Gasteiger partial charge in [0.2, 0.25) is 0 Å². The largest absolute Gasteiger partial charge is 0.454 e. The zero-order valence-corrected chi connectivity index (χ0v) is 5.54. The van der Waals surface area contributed by atoms with Gasteiger partial charge in [0.25, 0.3) is 7.48 Å². The molecular formula is C7H10BO. The molecule has 1 aliphatic carbocycles. The fourth-order valence-electron chi connectivity index (χ4n) is 0.855. The molecule has 1 aliphatic rings. The van der Waals surface area contributed by atoms with E-state index in [1.54, 1.807) is 0 Å². The van der Waals surface area contributed by atoms with Crippen molar-refractivity contribution in [1.29, 1.82) is 0 Å². The van der Waals surface area contributed by atoms with E-state index in [-0.39, 0.29) is 5.82 Å². The molecule has 0 saturated heterocycles. The molecule has 9 heavy (non-hydrogen) atoms. The van der Waals surface area contributed by atoms with Gasteiger partial charge in [-0.25, -0.2) is 0 Å². The maximum atomic E-state index is 8.57. The van der Waals surface area contributed by atoms with Gasteiger partial charge in [-0.1, -0.05) is 23.8 Å². The zero-order chi connectivity index (χ0) is 6.69. The molecule has 1 unspecified atom stereocenters. The Morgan fingerprint density at radius 3 is 3.00 bits per heavy atom. The van der Waals surface area contributed by atoms with E-state index in [1.165, 1.54) is 13.1 Å². The minimum atomic E-state index is 0.244. The SMILES string of the molecule is CC1=CCC([B]O)C=C1. The summed E-state index contributed by atoms with van der Waals surface area (Å²) in [6.07, 6.45) is 7.10. The molecule has 1 radical (unpaired) electrons. The van der Waals surface area contributed by atoms with Crippen LogP contribution >= 0.6 is 0 Å². The van der Waals surface area contributed by atoms with Crippen LogP contribution in [0.15, 0.2) is 23.8 Å². The van der Waals surface area contributed by atoms with Crippen molar-refractivity contribution in [2.45, 2.75) is 19.2 Å². The van der Waals surface area contributed by atoms with Crippen molar-refractivity contribution in [2.75, 3.05) is 0 Å². The minimum absolute atomic E-state index is 0.244. The molecule has 1 N–H and O–H groups in total. The Bertz CT molecular complexity index is 149. The van der Waals surface area contributed by atoms with Crippen LogP contribution in [-0.2, 0) is 0 Å². The summed E-state index contributed by atoms with van der Waals surface area (Å²) in [7, 11) is 1.24. The van der Waals surface area contributed by atoms with Gasteiger partial charge in [-0.2, -0.15) is 0 Å². The summed E-state index contributed by atoms with van der Waals surface area (Å²) in [5.41, 5.74) is 1.29. The van der Waals surface area contributed by atoms with E-state index < -0.39 is 0 Å². The summed E-state index contributed by atoms with van der Waals surface area (Å²) in [5, 5.41) is 8.57. The third-order valence-electron chi connectivity index (χ3n) is 1.51. The molecule has 0 aliphatic heterocycles. The molecule has 0 bridgehead atoms. The molecular weight excluding hydrogens is 111 g/mol. The van der Waals surface area contributed by atoms with Crippen LogP contribution in [0.5, 0.6) is 0 Å². The summed E-state index contributed by atoms with van der Waals surface area (Å²) < 4.78 is 0. The number of rotatable bonds is 1. The van der Waals surface area contributed by atoms with Gasteiger partial charge in [-0.3, -0.25) is 0 Å². The maximum absolute atomic E-state index is 8.57. The Kier molecular flexibility index (Phi) is 2.12. The van der Waals surface area contributed by atoms with Gasteiger partial charge in [0.15, 0.2) is 0 Å². The highest BCUT2D eigenvalue weighted by Crippen LogP contribution is 2.18. The molecule has 47 valence electrons. The molecule has 1 rings (SSSR count). The maximum Gasteiger partial charge on any atom is 0.295 e. The van der Waals surface area contributed by atoms with Crippen LogP contribution in [0.4, 0.5) is 0 Å². The molecule has 0 saturated carbocycles.